The van der Waals surface area contributed by atoms with Crippen LogP contribution in [0, 0.1) is 0 Å². The van der Waals surface area contributed by atoms with Gasteiger partial charge in [-0.2, -0.15) is 11.8 Å². The second-order valence-corrected chi connectivity index (χ2v) is 5.75. The van der Waals surface area contributed by atoms with Gasteiger partial charge < -0.3 is 10.1 Å². The second kappa shape index (κ2) is 9.32. The van der Waals surface area contributed by atoms with Crippen LogP contribution in [0.2, 0.25) is 0 Å². The van der Waals surface area contributed by atoms with Crippen LogP contribution in [0.1, 0.15) is 44.9 Å². The zero-order valence-electron chi connectivity index (χ0n) is 10.8. The molecule has 0 heterocycles. The second-order valence-electron chi connectivity index (χ2n) is 4.67. The summed E-state index contributed by atoms with van der Waals surface area (Å²) in [5.74, 6) is 0. The molecule has 96 valence electrons. The minimum absolute atomic E-state index is 0.770. The highest BCUT2D eigenvalue weighted by Gasteiger charge is 2.23. The largest absolute Gasteiger partial charge is 0.385 e. The summed E-state index contributed by atoms with van der Waals surface area (Å²) in [4.78, 5) is 0. The van der Waals surface area contributed by atoms with E-state index in [9.17, 15) is 0 Å². The molecule has 1 fully saturated rings. The zero-order valence-corrected chi connectivity index (χ0v) is 11.7. The molecule has 1 aliphatic carbocycles. The van der Waals surface area contributed by atoms with E-state index in [1.54, 1.807) is 7.11 Å². The highest BCUT2D eigenvalue weighted by molar-refractivity contribution is 7.99. The van der Waals surface area contributed by atoms with Crippen molar-refractivity contribution in [3.05, 3.63) is 0 Å². The molecule has 16 heavy (non-hydrogen) atoms. The van der Waals surface area contributed by atoms with E-state index in [1.807, 2.05) is 11.8 Å². The Morgan fingerprint density at radius 1 is 1.19 bits per heavy atom. The number of methoxy groups -OCH3 is 1. The Bertz CT molecular complexity index is 166. The molecule has 2 atom stereocenters. The summed E-state index contributed by atoms with van der Waals surface area (Å²) in [6.07, 6.45) is 11.7. The maximum Gasteiger partial charge on any atom is 0.0462 e. The van der Waals surface area contributed by atoms with Gasteiger partial charge in [0.05, 0.1) is 0 Å². The first-order chi connectivity index (χ1) is 7.88. The fourth-order valence-electron chi connectivity index (χ4n) is 2.45. The van der Waals surface area contributed by atoms with E-state index in [2.05, 4.69) is 11.6 Å². The van der Waals surface area contributed by atoms with Gasteiger partial charge in [-0.1, -0.05) is 12.8 Å². The van der Waals surface area contributed by atoms with Crippen molar-refractivity contribution in [2.75, 3.05) is 26.5 Å². The van der Waals surface area contributed by atoms with Crippen LogP contribution in [0.4, 0.5) is 0 Å². The summed E-state index contributed by atoms with van der Waals surface area (Å²) in [6, 6.07) is 0.770. The molecule has 3 heteroatoms. The number of thioether (sulfide) groups is 1. The first-order valence-corrected chi connectivity index (χ1v) is 7.92. The molecule has 1 rings (SSSR count). The summed E-state index contributed by atoms with van der Waals surface area (Å²) >= 11 is 2.04. The lowest BCUT2D eigenvalue weighted by molar-refractivity contribution is 0.192. The van der Waals surface area contributed by atoms with Gasteiger partial charge in [-0.3, -0.25) is 0 Å². The third kappa shape index (κ3) is 5.55. The molecule has 2 nitrogen and oxygen atoms in total. The lowest BCUT2D eigenvalue weighted by atomic mass is 9.95. The Balaban J connectivity index is 2.02. The van der Waals surface area contributed by atoms with Crippen LogP contribution < -0.4 is 5.32 Å². The van der Waals surface area contributed by atoms with E-state index in [-0.39, 0.29) is 0 Å². The zero-order chi connectivity index (χ0) is 11.6. The average molecular weight is 245 g/mol. The van der Waals surface area contributed by atoms with Crippen molar-refractivity contribution in [2.45, 2.75) is 56.2 Å². The molecule has 0 amide bonds. The predicted octanol–water partition coefficient (Wildman–Crippen LogP) is 3.07. The van der Waals surface area contributed by atoms with Crippen LogP contribution >= 0.6 is 11.8 Å². The number of hydrogen-bond acceptors (Lipinski definition) is 3. The molecule has 0 aromatic heterocycles. The Labute approximate surface area is 105 Å². The molecule has 0 radical (unpaired) electrons. The topological polar surface area (TPSA) is 21.3 Å². The van der Waals surface area contributed by atoms with Crippen molar-refractivity contribution >= 4 is 11.8 Å². The van der Waals surface area contributed by atoms with Crippen molar-refractivity contribution < 1.29 is 4.74 Å². The van der Waals surface area contributed by atoms with Gasteiger partial charge >= 0.3 is 0 Å². The summed E-state index contributed by atoms with van der Waals surface area (Å²) in [6.45, 7) is 2.10. The van der Waals surface area contributed by atoms with E-state index in [1.165, 1.54) is 51.5 Å². The van der Waals surface area contributed by atoms with Crippen LogP contribution in [0.25, 0.3) is 0 Å². The average Bonchev–Trinajstić information content (AvgIpc) is 2.34. The minimum atomic E-state index is 0.770. The number of ether oxygens (including phenoxy) is 1. The van der Waals surface area contributed by atoms with E-state index in [0.29, 0.717) is 0 Å². The van der Waals surface area contributed by atoms with Crippen LogP contribution in [0.15, 0.2) is 0 Å². The molecular formula is C13H27NOS. The fraction of sp³-hybridized carbons (Fsp3) is 1.00. The summed E-state index contributed by atoms with van der Waals surface area (Å²) < 4.78 is 5.05. The minimum Gasteiger partial charge on any atom is -0.385 e. The van der Waals surface area contributed by atoms with Crippen molar-refractivity contribution in [2.24, 2.45) is 0 Å². The maximum absolute atomic E-state index is 5.05. The highest BCUT2D eigenvalue weighted by atomic mass is 32.2. The molecule has 0 saturated heterocycles. The third-order valence-corrected chi connectivity index (χ3v) is 4.61. The van der Waals surface area contributed by atoms with Crippen LogP contribution in [0.5, 0.6) is 0 Å². The molecule has 1 aliphatic rings. The highest BCUT2D eigenvalue weighted by Crippen LogP contribution is 2.27. The Kier molecular flexibility index (Phi) is 8.34. The van der Waals surface area contributed by atoms with Gasteiger partial charge in [-0.25, -0.2) is 0 Å². The molecule has 1 N–H and O–H groups in total. The van der Waals surface area contributed by atoms with Crippen molar-refractivity contribution in [3.8, 4) is 0 Å². The quantitative estimate of drug-likeness (QED) is 0.664. The van der Waals surface area contributed by atoms with Crippen LogP contribution in [-0.2, 0) is 4.74 Å². The summed E-state index contributed by atoms with van der Waals surface area (Å²) in [7, 11) is 1.78. The Morgan fingerprint density at radius 2 is 2.00 bits per heavy atom. The number of hydrogen-bond donors (Lipinski definition) is 1. The maximum atomic E-state index is 5.05. The third-order valence-electron chi connectivity index (χ3n) is 3.44. The molecule has 0 aromatic carbocycles. The van der Waals surface area contributed by atoms with Crippen molar-refractivity contribution in [1.82, 2.24) is 5.32 Å². The van der Waals surface area contributed by atoms with Crippen LogP contribution in [0.3, 0.4) is 0 Å². The fourth-order valence-corrected chi connectivity index (χ4v) is 3.41. The smallest absolute Gasteiger partial charge is 0.0462 e. The molecule has 0 spiro atoms. The van der Waals surface area contributed by atoms with Gasteiger partial charge in [0.25, 0.3) is 0 Å². The predicted molar refractivity (Wildman–Crippen MR) is 73.3 cm³/mol. The van der Waals surface area contributed by atoms with Gasteiger partial charge in [0.2, 0.25) is 0 Å². The van der Waals surface area contributed by atoms with Gasteiger partial charge in [-0.05, 0) is 44.9 Å². The van der Waals surface area contributed by atoms with Crippen molar-refractivity contribution in [3.63, 3.8) is 0 Å². The monoisotopic (exact) mass is 245 g/mol. The number of unbranched alkanes of at least 4 members (excludes halogenated alkanes) is 2. The summed E-state index contributed by atoms with van der Waals surface area (Å²) in [5, 5.41) is 4.59. The normalized spacial score (nSPS) is 25.9. The Hall–Kier alpha value is 0.270. The van der Waals surface area contributed by atoms with Gasteiger partial charge in [0.1, 0.15) is 0 Å². The molecule has 0 aliphatic heterocycles. The number of nitrogens with one attached hydrogen (secondary N) is 1. The first-order valence-electron chi connectivity index (χ1n) is 6.63. The summed E-state index contributed by atoms with van der Waals surface area (Å²) in [5.41, 5.74) is 0. The van der Waals surface area contributed by atoms with Crippen LogP contribution in [-0.4, -0.2) is 37.8 Å². The molecule has 0 aromatic rings. The van der Waals surface area contributed by atoms with E-state index < -0.39 is 0 Å². The van der Waals surface area contributed by atoms with Gasteiger partial charge in [0, 0.05) is 25.0 Å². The van der Waals surface area contributed by atoms with Crippen molar-refractivity contribution in [1.29, 1.82) is 0 Å². The van der Waals surface area contributed by atoms with Gasteiger partial charge in [-0.15, -0.1) is 0 Å². The lowest BCUT2D eigenvalue weighted by Crippen LogP contribution is -2.40. The first kappa shape index (κ1) is 14.3. The number of rotatable bonds is 8. The van der Waals surface area contributed by atoms with E-state index in [4.69, 9.17) is 4.74 Å². The standard InChI is InChI=1S/C13H27NOS/c1-15-11-7-3-6-10-14-12-8-4-5-9-13(12)16-2/h12-14H,3-11H2,1-2H3. The van der Waals surface area contributed by atoms with E-state index in [0.717, 1.165) is 17.9 Å². The SMILES string of the molecule is COCCCCCNC1CCCCC1SC. The van der Waals surface area contributed by atoms with E-state index >= 15 is 0 Å². The lowest BCUT2D eigenvalue weighted by Gasteiger charge is -2.31. The van der Waals surface area contributed by atoms with Gasteiger partial charge in [0.15, 0.2) is 0 Å². The molecule has 2 unspecified atom stereocenters. The molecule has 0 bridgehead atoms. The molecule has 1 saturated carbocycles. The Morgan fingerprint density at radius 3 is 2.75 bits per heavy atom. The molecular weight excluding hydrogens is 218 g/mol.